The van der Waals surface area contributed by atoms with Crippen molar-refractivity contribution in [2.24, 2.45) is 46.3 Å². The van der Waals surface area contributed by atoms with Gasteiger partial charge in [0, 0.05) is 12.8 Å². The van der Waals surface area contributed by atoms with E-state index in [0.29, 0.717) is 17.3 Å². The van der Waals surface area contributed by atoms with Crippen LogP contribution < -0.4 is 0 Å². The molecule has 0 amide bonds. The zero-order valence-electron chi connectivity index (χ0n) is 34.1. The van der Waals surface area contributed by atoms with E-state index in [4.69, 9.17) is 4.74 Å². The van der Waals surface area contributed by atoms with Crippen molar-refractivity contribution in [3.05, 3.63) is 72.4 Å². The van der Waals surface area contributed by atoms with Crippen LogP contribution >= 0.6 is 0 Å². The normalized spacial score (nSPS) is 31.6. The van der Waals surface area contributed by atoms with Crippen LogP contribution in [0.4, 0.5) is 0 Å². The fourth-order valence-electron chi connectivity index (χ4n) is 11.1. The third kappa shape index (κ3) is 12.2. The second-order valence-corrected chi connectivity index (χ2v) is 18.0. The minimum Gasteiger partial charge on any atom is -0.462 e. The van der Waals surface area contributed by atoms with Crippen molar-refractivity contribution in [1.82, 2.24) is 0 Å². The number of ether oxygens (including phenoxy) is 1. The Morgan fingerprint density at radius 3 is 2.10 bits per heavy atom. The van der Waals surface area contributed by atoms with Crippen molar-refractivity contribution < 1.29 is 9.53 Å². The number of unbranched alkanes of at least 4 members (excludes halogenated alkanes) is 3. The molecular formula is C49H78O2. The molecule has 0 aromatic rings. The number of carbonyl (C=O) groups excluding carboxylic acids is 1. The van der Waals surface area contributed by atoms with Gasteiger partial charge in [-0.05, 0) is 143 Å². The Labute approximate surface area is 315 Å². The van der Waals surface area contributed by atoms with E-state index in [-0.39, 0.29) is 12.1 Å². The van der Waals surface area contributed by atoms with Crippen molar-refractivity contribution >= 4 is 5.97 Å². The number of allylic oxidation sites excluding steroid dienone is 11. The molecule has 2 heteroatoms. The predicted octanol–water partition coefficient (Wildman–Crippen LogP) is 14.6. The number of hydrogen-bond acceptors (Lipinski definition) is 2. The lowest BCUT2D eigenvalue weighted by atomic mass is 9.47. The van der Waals surface area contributed by atoms with Crippen LogP contribution in [-0.2, 0) is 9.53 Å². The molecule has 0 N–H and O–H groups in total. The number of hydrogen-bond donors (Lipinski definition) is 0. The lowest BCUT2D eigenvalue weighted by Gasteiger charge is -2.58. The third-order valence-electron chi connectivity index (χ3n) is 14.0. The summed E-state index contributed by atoms with van der Waals surface area (Å²) in [5, 5.41) is 0. The SMILES string of the molecule is CCC=CCC=CCC=CCC=CCC=CCCCCCC(=O)O[C@H]1CC[C@@]2(C)C(=CC[C@H]3[C@@H]4CC[C@H]([C@H](C)CCCC(C)C)[C@@]4(C)CC[C@@H]32)C1. The topological polar surface area (TPSA) is 26.3 Å². The zero-order valence-corrected chi connectivity index (χ0v) is 34.1. The molecule has 8 atom stereocenters. The van der Waals surface area contributed by atoms with Gasteiger partial charge in [0.15, 0.2) is 0 Å². The summed E-state index contributed by atoms with van der Waals surface area (Å²) in [5.74, 6) is 5.24. The number of rotatable bonds is 21. The Morgan fingerprint density at radius 2 is 1.43 bits per heavy atom. The molecule has 2 nitrogen and oxygen atoms in total. The minimum absolute atomic E-state index is 0.0284. The van der Waals surface area contributed by atoms with Crippen LogP contribution in [0, 0.1) is 46.3 Å². The average molecular weight is 699 g/mol. The van der Waals surface area contributed by atoms with Gasteiger partial charge >= 0.3 is 5.97 Å². The fraction of sp³-hybridized carbons (Fsp3) is 0.735. The molecule has 0 aromatic heterocycles. The van der Waals surface area contributed by atoms with E-state index >= 15 is 0 Å². The predicted molar refractivity (Wildman–Crippen MR) is 220 cm³/mol. The molecule has 3 saturated carbocycles. The highest BCUT2D eigenvalue weighted by molar-refractivity contribution is 5.69. The summed E-state index contributed by atoms with van der Waals surface area (Å²) in [6.45, 7) is 14.8. The summed E-state index contributed by atoms with van der Waals surface area (Å²) >= 11 is 0. The maximum atomic E-state index is 12.8. The fourth-order valence-corrected chi connectivity index (χ4v) is 11.1. The first-order chi connectivity index (χ1) is 24.7. The van der Waals surface area contributed by atoms with E-state index in [0.717, 1.165) is 106 Å². The Hall–Kier alpha value is -2.09. The van der Waals surface area contributed by atoms with Crippen LogP contribution in [0.15, 0.2) is 72.4 Å². The highest BCUT2D eigenvalue weighted by Crippen LogP contribution is 2.67. The molecule has 3 fully saturated rings. The van der Waals surface area contributed by atoms with E-state index < -0.39 is 0 Å². The van der Waals surface area contributed by atoms with Gasteiger partial charge in [0.05, 0.1) is 0 Å². The molecule has 0 unspecified atom stereocenters. The molecule has 4 rings (SSSR count). The van der Waals surface area contributed by atoms with E-state index in [1.807, 2.05) is 0 Å². The van der Waals surface area contributed by atoms with Gasteiger partial charge < -0.3 is 4.74 Å². The van der Waals surface area contributed by atoms with Crippen LogP contribution in [0.5, 0.6) is 0 Å². The molecule has 0 radical (unpaired) electrons. The highest BCUT2D eigenvalue weighted by Gasteiger charge is 2.59. The molecule has 4 aliphatic rings. The summed E-state index contributed by atoms with van der Waals surface area (Å²) in [7, 11) is 0. The molecule has 0 aliphatic heterocycles. The van der Waals surface area contributed by atoms with Gasteiger partial charge in [-0.3, -0.25) is 4.79 Å². The average Bonchev–Trinajstić information content (AvgIpc) is 3.46. The third-order valence-corrected chi connectivity index (χ3v) is 14.0. The van der Waals surface area contributed by atoms with Crippen molar-refractivity contribution in [2.75, 3.05) is 0 Å². The Bertz CT molecular complexity index is 1210. The first-order valence-electron chi connectivity index (χ1n) is 21.8. The maximum Gasteiger partial charge on any atom is 0.306 e. The molecule has 0 aromatic carbocycles. The first-order valence-corrected chi connectivity index (χ1v) is 21.8. The first kappa shape index (κ1) is 41.7. The van der Waals surface area contributed by atoms with Crippen LogP contribution in [0.1, 0.15) is 176 Å². The quantitative estimate of drug-likeness (QED) is 0.0677. The monoisotopic (exact) mass is 699 g/mol. The standard InChI is InChI=1S/C49H78O2/c1-7-8-9-10-11-12-13-14-15-16-17-18-19-20-21-22-23-24-25-29-47(50)51-42-34-36-48(5)41(38-42)30-31-43-45-33-32-44(40(4)28-26-27-39(2)3)49(45,6)37-35-46(43)48/h8-9,11-12,14-15,17-18,20-21,30,39-40,42-46H,7,10,13,16,19,22-29,31-38H2,1-6H3/t40-,42+,43+,44-,45+,46+,48+,49-/m1/s1. The number of fused-ring (bicyclic) bond motifs is 5. The van der Waals surface area contributed by atoms with E-state index in [2.05, 4.69) is 108 Å². The van der Waals surface area contributed by atoms with E-state index in [9.17, 15) is 4.79 Å². The van der Waals surface area contributed by atoms with Crippen LogP contribution in [0.2, 0.25) is 0 Å². The van der Waals surface area contributed by atoms with Gasteiger partial charge in [0.1, 0.15) is 6.10 Å². The summed E-state index contributed by atoms with van der Waals surface area (Å²) in [4.78, 5) is 12.8. The second-order valence-electron chi connectivity index (χ2n) is 18.0. The van der Waals surface area contributed by atoms with Gasteiger partial charge in [-0.1, -0.05) is 140 Å². The van der Waals surface area contributed by atoms with Crippen molar-refractivity contribution in [1.29, 1.82) is 0 Å². The van der Waals surface area contributed by atoms with Crippen molar-refractivity contribution in [2.45, 2.75) is 182 Å². The molecule has 51 heavy (non-hydrogen) atoms. The van der Waals surface area contributed by atoms with Crippen molar-refractivity contribution in [3.8, 4) is 0 Å². The Morgan fingerprint density at radius 1 is 0.765 bits per heavy atom. The highest BCUT2D eigenvalue weighted by atomic mass is 16.5. The maximum absolute atomic E-state index is 12.8. The molecule has 0 spiro atoms. The molecule has 286 valence electrons. The molecule has 0 heterocycles. The van der Waals surface area contributed by atoms with Crippen LogP contribution in [0.3, 0.4) is 0 Å². The second kappa shape index (κ2) is 21.6. The van der Waals surface area contributed by atoms with Gasteiger partial charge in [0.2, 0.25) is 0 Å². The minimum atomic E-state index is 0.0284. The summed E-state index contributed by atoms with van der Waals surface area (Å²) in [6, 6.07) is 0. The summed E-state index contributed by atoms with van der Waals surface area (Å²) < 4.78 is 6.12. The van der Waals surface area contributed by atoms with Crippen LogP contribution in [-0.4, -0.2) is 12.1 Å². The van der Waals surface area contributed by atoms with Gasteiger partial charge in [-0.25, -0.2) is 0 Å². The van der Waals surface area contributed by atoms with E-state index in [1.54, 1.807) is 5.57 Å². The largest absolute Gasteiger partial charge is 0.462 e. The van der Waals surface area contributed by atoms with Crippen LogP contribution in [0.25, 0.3) is 0 Å². The van der Waals surface area contributed by atoms with Crippen molar-refractivity contribution in [3.63, 3.8) is 0 Å². The Kier molecular flexibility index (Phi) is 17.6. The lowest BCUT2D eigenvalue weighted by molar-refractivity contribution is -0.151. The molecule has 4 aliphatic carbocycles. The molecule has 0 saturated heterocycles. The van der Waals surface area contributed by atoms with Gasteiger partial charge in [-0.15, -0.1) is 0 Å². The smallest absolute Gasteiger partial charge is 0.306 e. The lowest BCUT2D eigenvalue weighted by Crippen LogP contribution is -2.51. The van der Waals surface area contributed by atoms with Gasteiger partial charge in [0.25, 0.3) is 0 Å². The van der Waals surface area contributed by atoms with Gasteiger partial charge in [-0.2, -0.15) is 0 Å². The molecule has 0 bridgehead atoms. The summed E-state index contributed by atoms with van der Waals surface area (Å²) in [5.41, 5.74) is 2.49. The zero-order chi connectivity index (χ0) is 36.5. The summed E-state index contributed by atoms with van der Waals surface area (Å²) in [6.07, 6.45) is 49.7. The Balaban J connectivity index is 1.09. The molecular weight excluding hydrogens is 621 g/mol. The number of esters is 1. The number of carbonyl (C=O) groups is 1. The van der Waals surface area contributed by atoms with E-state index in [1.165, 1.54) is 57.8 Å².